The summed E-state index contributed by atoms with van der Waals surface area (Å²) in [6.45, 7) is 1.78. The Labute approximate surface area is 135 Å². The molecule has 1 aromatic carbocycles. The second kappa shape index (κ2) is 7.22. The lowest BCUT2D eigenvalue weighted by Gasteiger charge is -2.05. The molecule has 126 valence electrons. The highest BCUT2D eigenvalue weighted by molar-refractivity contribution is 6.06. The third-order valence-electron chi connectivity index (χ3n) is 2.85. The van der Waals surface area contributed by atoms with Crippen molar-refractivity contribution in [2.45, 2.75) is 6.92 Å². The number of oxazole rings is 1. The van der Waals surface area contributed by atoms with E-state index < -0.39 is 22.5 Å². The van der Waals surface area contributed by atoms with Crippen LogP contribution in [0.5, 0.6) is 5.75 Å². The fourth-order valence-corrected chi connectivity index (χ4v) is 1.78. The molecule has 0 atom stereocenters. The van der Waals surface area contributed by atoms with E-state index in [0.29, 0.717) is 0 Å². The number of amides is 1. The average molecular weight is 335 g/mol. The van der Waals surface area contributed by atoms with Crippen LogP contribution in [0.15, 0.2) is 28.9 Å². The molecule has 24 heavy (non-hydrogen) atoms. The third kappa shape index (κ3) is 3.66. The Hall–Kier alpha value is -3.43. The van der Waals surface area contributed by atoms with E-state index in [2.05, 4.69) is 10.3 Å². The van der Waals surface area contributed by atoms with E-state index in [9.17, 15) is 19.7 Å². The molecule has 1 heterocycles. The molecule has 0 radical (unpaired) electrons. The van der Waals surface area contributed by atoms with Crippen LogP contribution >= 0.6 is 0 Å². The third-order valence-corrected chi connectivity index (χ3v) is 2.85. The van der Waals surface area contributed by atoms with Gasteiger partial charge in [-0.1, -0.05) is 0 Å². The first-order valence-electron chi connectivity index (χ1n) is 6.72. The summed E-state index contributed by atoms with van der Waals surface area (Å²) in [6, 6.07) is 3.43. The van der Waals surface area contributed by atoms with Crippen molar-refractivity contribution < 1.29 is 28.4 Å². The topological polar surface area (TPSA) is 134 Å². The Bertz CT molecular complexity index is 784. The van der Waals surface area contributed by atoms with Crippen LogP contribution in [-0.2, 0) is 4.74 Å². The molecule has 1 aromatic heterocycles. The molecule has 0 saturated carbocycles. The number of carbonyl (C=O) groups is 2. The highest BCUT2D eigenvalue weighted by Gasteiger charge is 2.23. The summed E-state index contributed by atoms with van der Waals surface area (Å²) in [4.78, 5) is 37.8. The lowest BCUT2D eigenvalue weighted by atomic mass is 10.1. The van der Waals surface area contributed by atoms with Crippen LogP contribution in [0, 0.1) is 10.1 Å². The van der Waals surface area contributed by atoms with Crippen molar-refractivity contribution in [1.29, 1.82) is 0 Å². The number of methoxy groups -OCH3 is 1. The standard InChI is InChI=1S/C14H13N3O7/c1-3-23-13(19)10-7-24-14(15-10)16-12(18)9-6-8(22-2)4-5-11(9)17(20)21/h4-7H,3H2,1-2H3,(H,15,16,18). The van der Waals surface area contributed by atoms with Gasteiger partial charge in [0.15, 0.2) is 5.69 Å². The number of nitro groups is 1. The first kappa shape index (κ1) is 16.9. The monoisotopic (exact) mass is 335 g/mol. The van der Waals surface area contributed by atoms with Gasteiger partial charge in [-0.3, -0.25) is 20.2 Å². The molecule has 0 aliphatic heterocycles. The highest BCUT2D eigenvalue weighted by atomic mass is 16.6. The molecular formula is C14H13N3O7. The normalized spacial score (nSPS) is 10.1. The number of hydrogen-bond donors (Lipinski definition) is 1. The Balaban J connectivity index is 2.24. The molecule has 0 saturated heterocycles. The zero-order valence-electron chi connectivity index (χ0n) is 12.8. The van der Waals surface area contributed by atoms with Gasteiger partial charge in [0, 0.05) is 6.07 Å². The number of anilines is 1. The van der Waals surface area contributed by atoms with Crippen LogP contribution in [0.2, 0.25) is 0 Å². The largest absolute Gasteiger partial charge is 0.497 e. The molecule has 0 aliphatic rings. The number of rotatable bonds is 6. The fourth-order valence-electron chi connectivity index (χ4n) is 1.78. The van der Waals surface area contributed by atoms with Crippen molar-refractivity contribution >= 4 is 23.6 Å². The zero-order chi connectivity index (χ0) is 17.7. The van der Waals surface area contributed by atoms with Gasteiger partial charge in [-0.15, -0.1) is 0 Å². The maximum atomic E-state index is 12.2. The number of hydrogen-bond acceptors (Lipinski definition) is 8. The van der Waals surface area contributed by atoms with Crippen LogP contribution in [-0.4, -0.2) is 35.5 Å². The summed E-state index contributed by atoms with van der Waals surface area (Å²) in [5, 5.41) is 13.3. The molecule has 1 N–H and O–H groups in total. The van der Waals surface area contributed by atoms with Crippen molar-refractivity contribution in [3.05, 3.63) is 45.8 Å². The number of nitrogens with one attached hydrogen (secondary N) is 1. The molecule has 1 amide bonds. The summed E-state index contributed by atoms with van der Waals surface area (Å²) < 4.78 is 14.6. The van der Waals surface area contributed by atoms with Crippen LogP contribution < -0.4 is 10.1 Å². The molecule has 10 nitrogen and oxygen atoms in total. The van der Waals surface area contributed by atoms with Crippen molar-refractivity contribution in [3.8, 4) is 5.75 Å². The minimum Gasteiger partial charge on any atom is -0.497 e. The second-order valence-corrected chi connectivity index (χ2v) is 4.35. The lowest BCUT2D eigenvalue weighted by Crippen LogP contribution is -2.14. The summed E-state index contributed by atoms with van der Waals surface area (Å²) in [7, 11) is 1.36. The van der Waals surface area contributed by atoms with Gasteiger partial charge in [0.05, 0.1) is 18.6 Å². The first-order valence-corrected chi connectivity index (χ1v) is 6.72. The van der Waals surface area contributed by atoms with E-state index in [0.717, 1.165) is 12.3 Å². The molecule has 10 heteroatoms. The summed E-state index contributed by atoms with van der Waals surface area (Å²) in [5.41, 5.74) is -0.784. The van der Waals surface area contributed by atoms with Gasteiger partial charge in [-0.05, 0) is 19.1 Å². The Morgan fingerprint density at radius 3 is 2.79 bits per heavy atom. The Kier molecular flexibility index (Phi) is 5.09. The molecular weight excluding hydrogens is 322 g/mol. The molecule has 2 rings (SSSR count). The highest BCUT2D eigenvalue weighted by Crippen LogP contribution is 2.25. The number of nitrogens with zero attached hydrogens (tertiary/aromatic N) is 2. The number of ether oxygens (including phenoxy) is 2. The van der Waals surface area contributed by atoms with E-state index in [-0.39, 0.29) is 29.6 Å². The average Bonchev–Trinajstić information content (AvgIpc) is 3.02. The lowest BCUT2D eigenvalue weighted by molar-refractivity contribution is -0.385. The van der Waals surface area contributed by atoms with Crippen molar-refractivity contribution in [1.82, 2.24) is 4.98 Å². The molecule has 0 bridgehead atoms. The second-order valence-electron chi connectivity index (χ2n) is 4.35. The van der Waals surface area contributed by atoms with Gasteiger partial charge < -0.3 is 13.9 Å². The molecule has 2 aromatic rings. The van der Waals surface area contributed by atoms with Gasteiger partial charge in [0.25, 0.3) is 11.6 Å². The quantitative estimate of drug-likeness (QED) is 0.481. The number of carbonyl (C=O) groups excluding carboxylic acids is 2. The predicted molar refractivity (Wildman–Crippen MR) is 80.1 cm³/mol. The SMILES string of the molecule is CCOC(=O)c1coc(NC(=O)c2cc(OC)ccc2[N+](=O)[O-])n1. The van der Waals surface area contributed by atoms with E-state index in [1.165, 1.54) is 19.2 Å². The van der Waals surface area contributed by atoms with Crippen LogP contribution in [0.4, 0.5) is 11.7 Å². The minimum atomic E-state index is -0.835. The van der Waals surface area contributed by atoms with E-state index in [1.807, 2.05) is 0 Å². The van der Waals surface area contributed by atoms with Crippen molar-refractivity contribution in [2.24, 2.45) is 0 Å². The number of esters is 1. The summed E-state index contributed by atoms with van der Waals surface area (Å²) >= 11 is 0. The predicted octanol–water partition coefficient (Wildman–Crippen LogP) is 2.02. The number of aromatic nitrogens is 1. The van der Waals surface area contributed by atoms with Crippen LogP contribution in [0.1, 0.15) is 27.8 Å². The molecule has 0 unspecified atom stereocenters. The smallest absolute Gasteiger partial charge is 0.360 e. The van der Waals surface area contributed by atoms with E-state index >= 15 is 0 Å². The van der Waals surface area contributed by atoms with Gasteiger partial charge in [0.2, 0.25) is 0 Å². The Morgan fingerprint density at radius 1 is 1.42 bits per heavy atom. The van der Waals surface area contributed by atoms with Gasteiger partial charge >= 0.3 is 12.0 Å². The fraction of sp³-hybridized carbons (Fsp3) is 0.214. The maximum absolute atomic E-state index is 12.2. The van der Waals surface area contributed by atoms with Gasteiger partial charge in [-0.2, -0.15) is 4.98 Å². The summed E-state index contributed by atoms with van der Waals surface area (Å²) in [6.07, 6.45) is 1.01. The van der Waals surface area contributed by atoms with Gasteiger partial charge in [-0.25, -0.2) is 4.79 Å². The van der Waals surface area contributed by atoms with Crippen LogP contribution in [0.25, 0.3) is 0 Å². The minimum absolute atomic E-state index is 0.132. The molecule has 0 fully saturated rings. The molecule has 0 spiro atoms. The number of nitro benzene ring substituents is 1. The zero-order valence-corrected chi connectivity index (χ0v) is 12.8. The van der Waals surface area contributed by atoms with Gasteiger partial charge in [0.1, 0.15) is 17.6 Å². The first-order chi connectivity index (χ1) is 11.5. The van der Waals surface area contributed by atoms with E-state index in [4.69, 9.17) is 13.9 Å². The van der Waals surface area contributed by atoms with Crippen molar-refractivity contribution in [2.75, 3.05) is 19.0 Å². The van der Waals surface area contributed by atoms with Crippen LogP contribution in [0.3, 0.4) is 0 Å². The van der Waals surface area contributed by atoms with Crippen molar-refractivity contribution in [3.63, 3.8) is 0 Å². The summed E-state index contributed by atoms with van der Waals surface area (Å²) in [5.74, 6) is -1.28. The van der Waals surface area contributed by atoms with E-state index in [1.54, 1.807) is 6.92 Å². The molecule has 0 aliphatic carbocycles. The maximum Gasteiger partial charge on any atom is 0.360 e. The number of benzene rings is 1. The Morgan fingerprint density at radius 2 is 2.17 bits per heavy atom.